The number of Topliss-reactive ketones (excluding diaryl/α,β-unsaturated/α-hetero) is 1. The van der Waals surface area contributed by atoms with Gasteiger partial charge in [-0.25, -0.2) is 4.98 Å². The van der Waals surface area contributed by atoms with Crippen LogP contribution in [-0.2, 0) is 12.7 Å². The number of rotatable bonds is 5. The molecule has 0 aliphatic heterocycles. The molecule has 0 atom stereocenters. The zero-order valence-electron chi connectivity index (χ0n) is 14.3. The lowest BCUT2D eigenvalue weighted by molar-refractivity contribution is -0.142. The third-order valence-corrected chi connectivity index (χ3v) is 3.91. The molecule has 8 heteroatoms. The maximum atomic E-state index is 13.2. The molecule has 2 aromatic carbocycles. The number of aromatic nitrogens is 2. The molecular weight excluding hydrogens is 361 g/mol. The van der Waals surface area contributed by atoms with Gasteiger partial charge in [-0.1, -0.05) is 12.1 Å². The minimum absolute atomic E-state index is 0.0103. The van der Waals surface area contributed by atoms with Gasteiger partial charge in [0, 0.05) is 5.56 Å². The van der Waals surface area contributed by atoms with Crippen molar-refractivity contribution in [1.82, 2.24) is 9.55 Å². The van der Waals surface area contributed by atoms with Crippen molar-refractivity contribution in [3.8, 4) is 5.75 Å². The maximum absolute atomic E-state index is 13.2. The Labute approximate surface area is 152 Å². The second-order valence-electron chi connectivity index (χ2n) is 5.72. The average Bonchev–Trinajstić information content (AvgIpc) is 2.63. The minimum atomic E-state index is -4.91. The van der Waals surface area contributed by atoms with Gasteiger partial charge in [0.1, 0.15) is 5.75 Å². The molecule has 0 unspecified atom stereocenters. The monoisotopic (exact) mass is 376 g/mol. The van der Waals surface area contributed by atoms with E-state index in [9.17, 15) is 22.8 Å². The summed E-state index contributed by atoms with van der Waals surface area (Å²) < 4.78 is 45.6. The normalized spacial score (nSPS) is 11.6. The largest absolute Gasteiger partial charge is 0.494 e. The molecule has 0 aliphatic rings. The van der Waals surface area contributed by atoms with Gasteiger partial charge in [-0.05, 0) is 43.3 Å². The highest BCUT2D eigenvalue weighted by atomic mass is 19.4. The van der Waals surface area contributed by atoms with Crippen LogP contribution in [0.4, 0.5) is 13.2 Å². The van der Waals surface area contributed by atoms with E-state index in [1.165, 1.54) is 30.3 Å². The molecule has 0 saturated heterocycles. The highest BCUT2D eigenvalue weighted by Crippen LogP contribution is 2.26. The van der Waals surface area contributed by atoms with Crippen molar-refractivity contribution >= 4 is 16.8 Å². The molecule has 1 aromatic heterocycles. The highest BCUT2D eigenvalue weighted by Gasteiger charge is 2.37. The lowest BCUT2D eigenvalue weighted by Gasteiger charge is -2.13. The van der Waals surface area contributed by atoms with Crippen LogP contribution < -0.4 is 10.3 Å². The number of carbonyl (C=O) groups excluding carboxylic acids is 1. The van der Waals surface area contributed by atoms with Crippen LogP contribution in [0, 0.1) is 0 Å². The molecule has 5 nitrogen and oxygen atoms in total. The van der Waals surface area contributed by atoms with Crippen LogP contribution >= 0.6 is 0 Å². The zero-order valence-corrected chi connectivity index (χ0v) is 14.3. The number of benzene rings is 2. The summed E-state index contributed by atoms with van der Waals surface area (Å²) in [5.41, 5.74) is -2.47. The summed E-state index contributed by atoms with van der Waals surface area (Å²) >= 11 is 0. The molecule has 1 heterocycles. The SMILES string of the molecule is CCOc1ccc(C(=O)Cn2c(=O)c(C(F)(F)F)nc3ccccc32)cc1. The van der Waals surface area contributed by atoms with Gasteiger partial charge < -0.3 is 4.74 Å². The lowest BCUT2D eigenvalue weighted by atomic mass is 10.1. The van der Waals surface area contributed by atoms with Crippen molar-refractivity contribution in [1.29, 1.82) is 0 Å². The van der Waals surface area contributed by atoms with Crippen LogP contribution in [0.3, 0.4) is 0 Å². The van der Waals surface area contributed by atoms with Crippen LogP contribution in [-0.4, -0.2) is 21.9 Å². The van der Waals surface area contributed by atoms with E-state index in [0.29, 0.717) is 12.4 Å². The summed E-state index contributed by atoms with van der Waals surface area (Å²) in [5.74, 6) is 0.0737. The fourth-order valence-corrected chi connectivity index (χ4v) is 2.67. The Morgan fingerprint density at radius 2 is 1.78 bits per heavy atom. The molecule has 0 aliphatic carbocycles. The van der Waals surface area contributed by atoms with Crippen LogP contribution in [0.5, 0.6) is 5.75 Å². The van der Waals surface area contributed by atoms with Gasteiger partial charge >= 0.3 is 6.18 Å². The molecule has 0 fully saturated rings. The Hall–Kier alpha value is -3.16. The van der Waals surface area contributed by atoms with E-state index in [2.05, 4.69) is 4.98 Å². The number of para-hydroxylation sites is 2. The Bertz CT molecular complexity index is 1040. The maximum Gasteiger partial charge on any atom is 0.438 e. The summed E-state index contributed by atoms with van der Waals surface area (Å²) in [4.78, 5) is 28.3. The predicted octanol–water partition coefficient (Wildman–Crippen LogP) is 3.70. The Kier molecular flexibility index (Phi) is 4.98. The summed E-state index contributed by atoms with van der Waals surface area (Å²) in [6.07, 6.45) is -4.91. The molecule has 0 radical (unpaired) electrons. The van der Waals surface area contributed by atoms with Crippen LogP contribution in [0.2, 0.25) is 0 Å². The first-order chi connectivity index (χ1) is 12.8. The minimum Gasteiger partial charge on any atom is -0.494 e. The molecular formula is C19H15F3N2O3. The molecule has 3 aromatic rings. The summed E-state index contributed by atoms with van der Waals surface area (Å²) in [6, 6.07) is 12.1. The third kappa shape index (κ3) is 3.84. The number of ether oxygens (including phenoxy) is 1. The summed E-state index contributed by atoms with van der Waals surface area (Å²) in [7, 11) is 0. The number of halogens is 3. The predicted molar refractivity (Wildman–Crippen MR) is 92.9 cm³/mol. The number of alkyl halides is 3. The summed E-state index contributed by atoms with van der Waals surface area (Å²) in [5, 5.41) is 0. The Balaban J connectivity index is 2.04. The van der Waals surface area contributed by atoms with Gasteiger partial charge in [0.05, 0.1) is 24.2 Å². The Morgan fingerprint density at radius 1 is 1.11 bits per heavy atom. The number of hydrogen-bond acceptors (Lipinski definition) is 4. The average molecular weight is 376 g/mol. The van der Waals surface area contributed by atoms with E-state index in [1.54, 1.807) is 18.2 Å². The van der Waals surface area contributed by atoms with E-state index in [1.807, 2.05) is 6.92 Å². The molecule has 0 N–H and O–H groups in total. The molecule has 0 spiro atoms. The molecule has 3 rings (SSSR count). The van der Waals surface area contributed by atoms with Gasteiger partial charge in [-0.3, -0.25) is 14.2 Å². The lowest BCUT2D eigenvalue weighted by Crippen LogP contribution is -2.32. The number of hydrogen-bond donors (Lipinski definition) is 0. The fraction of sp³-hybridized carbons (Fsp3) is 0.211. The quantitative estimate of drug-likeness (QED) is 0.637. The molecule has 27 heavy (non-hydrogen) atoms. The van der Waals surface area contributed by atoms with Crippen LogP contribution in [0.1, 0.15) is 23.0 Å². The summed E-state index contributed by atoms with van der Waals surface area (Å²) in [6.45, 7) is 1.75. The van der Waals surface area contributed by atoms with Crippen molar-refractivity contribution in [2.45, 2.75) is 19.6 Å². The van der Waals surface area contributed by atoms with Crippen LogP contribution in [0.25, 0.3) is 11.0 Å². The first-order valence-corrected chi connectivity index (χ1v) is 8.14. The van der Waals surface area contributed by atoms with Gasteiger partial charge in [0.2, 0.25) is 5.69 Å². The fourth-order valence-electron chi connectivity index (χ4n) is 2.67. The van der Waals surface area contributed by atoms with E-state index in [0.717, 1.165) is 4.57 Å². The van der Waals surface area contributed by atoms with Crippen molar-refractivity contribution in [3.63, 3.8) is 0 Å². The van der Waals surface area contributed by atoms with Crippen molar-refractivity contribution in [2.24, 2.45) is 0 Å². The van der Waals surface area contributed by atoms with Crippen molar-refractivity contribution in [3.05, 3.63) is 70.1 Å². The molecule has 0 saturated carbocycles. The number of carbonyl (C=O) groups is 1. The second-order valence-corrected chi connectivity index (χ2v) is 5.72. The van der Waals surface area contributed by atoms with E-state index in [4.69, 9.17) is 4.74 Å². The number of ketones is 1. The Morgan fingerprint density at radius 3 is 2.41 bits per heavy atom. The number of fused-ring (bicyclic) bond motifs is 1. The van der Waals surface area contributed by atoms with Gasteiger partial charge in [0.15, 0.2) is 5.78 Å². The smallest absolute Gasteiger partial charge is 0.438 e. The van der Waals surface area contributed by atoms with E-state index < -0.39 is 29.8 Å². The van der Waals surface area contributed by atoms with Crippen molar-refractivity contribution < 1.29 is 22.7 Å². The second kappa shape index (κ2) is 7.22. The van der Waals surface area contributed by atoms with Gasteiger partial charge in [-0.15, -0.1) is 0 Å². The molecule has 0 bridgehead atoms. The van der Waals surface area contributed by atoms with E-state index >= 15 is 0 Å². The highest BCUT2D eigenvalue weighted by molar-refractivity contribution is 5.96. The standard InChI is InChI=1S/C19H15F3N2O3/c1-2-27-13-9-7-12(8-10-13)16(25)11-24-15-6-4-3-5-14(15)23-17(18(24)26)19(20,21)22/h3-10H,2,11H2,1H3. The molecule has 140 valence electrons. The first-order valence-electron chi connectivity index (χ1n) is 8.14. The van der Waals surface area contributed by atoms with Gasteiger partial charge in [0.25, 0.3) is 5.56 Å². The van der Waals surface area contributed by atoms with Gasteiger partial charge in [-0.2, -0.15) is 13.2 Å². The third-order valence-electron chi connectivity index (χ3n) is 3.91. The van der Waals surface area contributed by atoms with Crippen molar-refractivity contribution in [2.75, 3.05) is 6.61 Å². The topological polar surface area (TPSA) is 61.2 Å². The zero-order chi connectivity index (χ0) is 19.6. The van der Waals surface area contributed by atoms with E-state index in [-0.39, 0.29) is 16.6 Å². The first kappa shape index (κ1) is 18.6. The number of nitrogens with zero attached hydrogens (tertiary/aromatic N) is 2. The van der Waals surface area contributed by atoms with Crippen LogP contribution in [0.15, 0.2) is 53.3 Å². The molecule has 0 amide bonds.